The van der Waals surface area contributed by atoms with Crippen molar-refractivity contribution in [2.45, 2.75) is 63.1 Å². The van der Waals surface area contributed by atoms with E-state index in [9.17, 15) is 0 Å². The van der Waals surface area contributed by atoms with Crippen molar-refractivity contribution in [2.24, 2.45) is 0 Å². The second kappa shape index (κ2) is 3.93. The molecule has 0 aromatic heterocycles. The highest BCUT2D eigenvalue weighted by Crippen LogP contribution is 2.66. The highest BCUT2D eigenvalue weighted by atomic mass is 31.1. The van der Waals surface area contributed by atoms with E-state index in [1.54, 1.807) is 0 Å². The van der Waals surface area contributed by atoms with E-state index in [4.69, 9.17) is 9.47 Å². The van der Waals surface area contributed by atoms with Crippen LogP contribution in [0.25, 0.3) is 0 Å². The molecule has 0 amide bonds. The van der Waals surface area contributed by atoms with Gasteiger partial charge in [-0.3, -0.25) is 0 Å². The summed E-state index contributed by atoms with van der Waals surface area (Å²) in [4.78, 5) is 0. The first-order valence-electron chi connectivity index (χ1n) is 6.29. The lowest BCUT2D eigenvalue weighted by Gasteiger charge is -2.56. The minimum atomic E-state index is -0.278. The standard InChI is InChI=1S/C13H25O2P/c1-11(2)9-13(14-7-6-8-15-13)10-12(3,4)16(11)5/h6-10H2,1-5H3. The van der Waals surface area contributed by atoms with Gasteiger partial charge >= 0.3 is 0 Å². The van der Waals surface area contributed by atoms with Crippen LogP contribution in [-0.4, -0.2) is 36.0 Å². The number of ether oxygens (including phenoxy) is 2. The second-order valence-corrected chi connectivity index (χ2v) is 10.0. The van der Waals surface area contributed by atoms with Gasteiger partial charge in [-0.2, -0.15) is 0 Å². The Balaban J connectivity index is 2.24. The molecule has 2 heterocycles. The van der Waals surface area contributed by atoms with Gasteiger partial charge in [-0.25, -0.2) is 0 Å². The average molecular weight is 244 g/mol. The molecule has 2 rings (SSSR count). The van der Waals surface area contributed by atoms with Gasteiger partial charge in [0.05, 0.1) is 13.2 Å². The summed E-state index contributed by atoms with van der Waals surface area (Å²) in [5, 5.41) is 0.711. The van der Waals surface area contributed by atoms with Gasteiger partial charge in [-0.15, -0.1) is 0 Å². The van der Waals surface area contributed by atoms with Gasteiger partial charge in [-0.05, 0) is 23.4 Å². The molecule has 94 valence electrons. The van der Waals surface area contributed by atoms with Crippen molar-refractivity contribution in [3.8, 4) is 0 Å². The van der Waals surface area contributed by atoms with Gasteiger partial charge in [0.25, 0.3) is 0 Å². The number of hydrogen-bond donors (Lipinski definition) is 0. The molecule has 3 heteroatoms. The van der Waals surface area contributed by atoms with E-state index in [0.29, 0.717) is 10.3 Å². The Morgan fingerprint density at radius 3 is 1.75 bits per heavy atom. The van der Waals surface area contributed by atoms with Crippen LogP contribution in [-0.2, 0) is 9.47 Å². The Morgan fingerprint density at radius 2 is 1.31 bits per heavy atom. The molecule has 0 aliphatic carbocycles. The molecule has 2 saturated heterocycles. The van der Waals surface area contributed by atoms with Crippen LogP contribution in [0.5, 0.6) is 0 Å². The summed E-state index contributed by atoms with van der Waals surface area (Å²) in [6, 6.07) is 0. The molecule has 2 aliphatic rings. The molecule has 16 heavy (non-hydrogen) atoms. The van der Waals surface area contributed by atoms with Crippen molar-refractivity contribution in [1.82, 2.24) is 0 Å². The molecule has 0 aromatic carbocycles. The summed E-state index contributed by atoms with van der Waals surface area (Å²) in [6.45, 7) is 13.7. The van der Waals surface area contributed by atoms with Gasteiger partial charge in [-0.1, -0.05) is 35.6 Å². The van der Waals surface area contributed by atoms with E-state index in [0.717, 1.165) is 32.5 Å². The Hall–Kier alpha value is 0.350. The predicted octanol–water partition coefficient (Wildman–Crippen LogP) is 3.58. The first-order chi connectivity index (χ1) is 7.28. The van der Waals surface area contributed by atoms with Crippen molar-refractivity contribution in [2.75, 3.05) is 19.9 Å². The Labute approximate surface area is 101 Å². The zero-order chi connectivity index (χ0) is 12.0. The smallest absolute Gasteiger partial charge is 0.169 e. The van der Waals surface area contributed by atoms with Crippen molar-refractivity contribution < 1.29 is 9.47 Å². The van der Waals surface area contributed by atoms with Crippen LogP contribution < -0.4 is 0 Å². The van der Waals surface area contributed by atoms with E-state index in [1.165, 1.54) is 0 Å². The highest BCUT2D eigenvalue weighted by molar-refractivity contribution is 7.60. The molecule has 0 bridgehead atoms. The fourth-order valence-electron chi connectivity index (χ4n) is 3.26. The van der Waals surface area contributed by atoms with Crippen molar-refractivity contribution in [3.05, 3.63) is 0 Å². The predicted molar refractivity (Wildman–Crippen MR) is 69.5 cm³/mol. The second-order valence-electron chi connectivity index (χ2n) is 6.50. The maximum atomic E-state index is 6.01. The Bertz CT molecular complexity index is 247. The van der Waals surface area contributed by atoms with Crippen LogP contribution in [0.3, 0.4) is 0 Å². The summed E-state index contributed by atoms with van der Waals surface area (Å²) in [5.41, 5.74) is 0. The molecule has 0 aromatic rings. The molecular formula is C13H25O2P. The number of hydrogen-bond acceptors (Lipinski definition) is 2. The average Bonchev–Trinajstić information content (AvgIpc) is 2.14. The lowest BCUT2D eigenvalue weighted by atomic mass is 9.91. The minimum Gasteiger partial charge on any atom is -0.350 e. The molecule has 2 nitrogen and oxygen atoms in total. The third-order valence-electron chi connectivity index (χ3n) is 4.24. The lowest BCUT2D eigenvalue weighted by Crippen LogP contribution is -2.54. The lowest BCUT2D eigenvalue weighted by molar-refractivity contribution is -0.280. The van der Waals surface area contributed by atoms with E-state index in [1.807, 2.05) is 0 Å². The normalized spacial score (nSPS) is 32.8. The zero-order valence-electron chi connectivity index (χ0n) is 11.3. The topological polar surface area (TPSA) is 18.5 Å². The van der Waals surface area contributed by atoms with Gasteiger partial charge < -0.3 is 9.47 Å². The highest BCUT2D eigenvalue weighted by Gasteiger charge is 2.53. The monoisotopic (exact) mass is 244 g/mol. The van der Waals surface area contributed by atoms with E-state index < -0.39 is 0 Å². The fourth-order valence-corrected chi connectivity index (χ4v) is 5.85. The zero-order valence-corrected chi connectivity index (χ0v) is 12.2. The summed E-state index contributed by atoms with van der Waals surface area (Å²) in [7, 11) is 0.0110. The summed E-state index contributed by atoms with van der Waals surface area (Å²) in [5.74, 6) is -0.278. The van der Waals surface area contributed by atoms with Gasteiger partial charge in [0.2, 0.25) is 0 Å². The largest absolute Gasteiger partial charge is 0.350 e. The molecule has 2 fully saturated rings. The SMILES string of the molecule is CP1C(C)(C)CC2(CC1(C)C)OCCCO2. The van der Waals surface area contributed by atoms with Gasteiger partial charge in [0.15, 0.2) is 5.79 Å². The maximum absolute atomic E-state index is 6.01. The summed E-state index contributed by atoms with van der Waals surface area (Å²) < 4.78 is 12.0. The van der Waals surface area contributed by atoms with Crippen LogP contribution in [0.1, 0.15) is 47.0 Å². The molecule has 2 aliphatic heterocycles. The van der Waals surface area contributed by atoms with Crippen LogP contribution in [0.4, 0.5) is 0 Å². The first kappa shape index (κ1) is 12.8. The van der Waals surface area contributed by atoms with Crippen molar-refractivity contribution in [1.29, 1.82) is 0 Å². The van der Waals surface area contributed by atoms with Crippen molar-refractivity contribution in [3.63, 3.8) is 0 Å². The Morgan fingerprint density at radius 1 is 0.875 bits per heavy atom. The quantitative estimate of drug-likeness (QED) is 0.606. The Kier molecular flexibility index (Phi) is 3.15. The molecule has 0 saturated carbocycles. The van der Waals surface area contributed by atoms with E-state index >= 15 is 0 Å². The van der Waals surface area contributed by atoms with Crippen LogP contribution in [0.15, 0.2) is 0 Å². The molecule has 0 radical (unpaired) electrons. The van der Waals surface area contributed by atoms with Gasteiger partial charge in [0, 0.05) is 12.8 Å². The van der Waals surface area contributed by atoms with E-state index in [-0.39, 0.29) is 13.7 Å². The molecule has 0 N–H and O–H groups in total. The molecule has 0 atom stereocenters. The first-order valence-corrected chi connectivity index (χ1v) is 8.08. The third kappa shape index (κ3) is 2.17. The van der Waals surface area contributed by atoms with E-state index in [2.05, 4.69) is 34.4 Å². The summed E-state index contributed by atoms with van der Waals surface area (Å²) >= 11 is 0. The van der Waals surface area contributed by atoms with Crippen LogP contribution in [0, 0.1) is 0 Å². The van der Waals surface area contributed by atoms with Crippen LogP contribution >= 0.6 is 7.92 Å². The fraction of sp³-hybridized carbons (Fsp3) is 1.00. The molecule has 0 unspecified atom stereocenters. The molecule has 1 spiro atoms. The minimum absolute atomic E-state index is 0.0110. The number of rotatable bonds is 0. The molecular weight excluding hydrogens is 219 g/mol. The van der Waals surface area contributed by atoms with Crippen LogP contribution in [0.2, 0.25) is 0 Å². The van der Waals surface area contributed by atoms with Gasteiger partial charge in [0.1, 0.15) is 0 Å². The summed E-state index contributed by atoms with van der Waals surface area (Å²) in [6.07, 6.45) is 3.17. The van der Waals surface area contributed by atoms with Crippen molar-refractivity contribution >= 4 is 7.92 Å². The maximum Gasteiger partial charge on any atom is 0.169 e. The third-order valence-corrected chi connectivity index (χ3v) is 8.19.